The van der Waals surface area contributed by atoms with Gasteiger partial charge in [0.25, 0.3) is 0 Å². The summed E-state index contributed by atoms with van der Waals surface area (Å²) in [6.07, 6.45) is 2.96. The molecule has 0 radical (unpaired) electrons. The van der Waals surface area contributed by atoms with E-state index in [1.807, 2.05) is 24.3 Å². The van der Waals surface area contributed by atoms with Crippen molar-refractivity contribution in [2.75, 3.05) is 18.2 Å². The molecule has 1 N–H and O–H groups in total. The molecule has 3 rings (SSSR count). The predicted octanol–water partition coefficient (Wildman–Crippen LogP) is 2.44. The number of fused-ring (bicyclic) bond motifs is 1. The van der Waals surface area contributed by atoms with E-state index in [0.717, 1.165) is 10.8 Å². The number of aromatic nitrogens is 2. The highest BCUT2D eigenvalue weighted by molar-refractivity contribution is 7.91. The van der Waals surface area contributed by atoms with Crippen molar-refractivity contribution in [1.29, 1.82) is 0 Å². The Morgan fingerprint density at radius 1 is 1.19 bits per heavy atom. The Bertz CT molecular complexity index is 1030. The van der Waals surface area contributed by atoms with Crippen LogP contribution in [-0.4, -0.2) is 37.0 Å². The van der Waals surface area contributed by atoms with E-state index in [1.54, 1.807) is 24.4 Å². The first-order chi connectivity index (χ1) is 12.5. The van der Waals surface area contributed by atoms with Crippen LogP contribution in [0.4, 0.5) is 5.69 Å². The second-order valence-electron chi connectivity index (χ2n) is 5.81. The molecule has 26 heavy (non-hydrogen) atoms. The Hall–Kier alpha value is -2.71. The van der Waals surface area contributed by atoms with E-state index in [2.05, 4.69) is 10.4 Å². The van der Waals surface area contributed by atoms with Crippen molar-refractivity contribution in [1.82, 2.24) is 9.78 Å². The standard InChI is InChI=1S/C18H19N3O4S/c1-25-13-21-12-16(11-19-21)20-18(22)8-9-26(23,24)17-7-6-14-4-2-3-5-15(14)10-17/h2-7,10-12H,8-9,13H2,1H3,(H,20,22). The molecule has 7 nitrogen and oxygen atoms in total. The van der Waals surface area contributed by atoms with Gasteiger partial charge < -0.3 is 10.1 Å². The number of nitrogens with one attached hydrogen (secondary N) is 1. The van der Waals surface area contributed by atoms with E-state index >= 15 is 0 Å². The average molecular weight is 373 g/mol. The molecular formula is C18H19N3O4S. The lowest BCUT2D eigenvalue weighted by molar-refractivity contribution is -0.115. The van der Waals surface area contributed by atoms with Crippen LogP contribution in [0.3, 0.4) is 0 Å². The van der Waals surface area contributed by atoms with Crippen molar-refractivity contribution in [2.45, 2.75) is 18.0 Å². The zero-order valence-electron chi connectivity index (χ0n) is 14.3. The largest absolute Gasteiger partial charge is 0.362 e. The Labute approximate surface area is 151 Å². The van der Waals surface area contributed by atoms with Gasteiger partial charge in [-0.15, -0.1) is 0 Å². The van der Waals surface area contributed by atoms with Crippen LogP contribution >= 0.6 is 0 Å². The van der Waals surface area contributed by atoms with Crippen molar-refractivity contribution in [3.05, 3.63) is 54.9 Å². The number of nitrogens with zero attached hydrogens (tertiary/aromatic N) is 2. The summed E-state index contributed by atoms with van der Waals surface area (Å²) in [5.41, 5.74) is 0.496. The number of anilines is 1. The van der Waals surface area contributed by atoms with E-state index in [1.165, 1.54) is 18.0 Å². The molecule has 0 saturated carbocycles. The highest BCUT2D eigenvalue weighted by Gasteiger charge is 2.17. The minimum atomic E-state index is -3.54. The summed E-state index contributed by atoms with van der Waals surface area (Å²) in [6.45, 7) is 0.270. The summed E-state index contributed by atoms with van der Waals surface area (Å²) in [4.78, 5) is 12.2. The van der Waals surface area contributed by atoms with Crippen molar-refractivity contribution in [2.24, 2.45) is 0 Å². The number of hydrogen-bond donors (Lipinski definition) is 1. The number of benzene rings is 2. The summed E-state index contributed by atoms with van der Waals surface area (Å²) >= 11 is 0. The van der Waals surface area contributed by atoms with Gasteiger partial charge in [-0.1, -0.05) is 30.3 Å². The van der Waals surface area contributed by atoms with Gasteiger partial charge in [0.15, 0.2) is 9.84 Å². The molecule has 0 fully saturated rings. The van der Waals surface area contributed by atoms with Gasteiger partial charge in [0, 0.05) is 13.5 Å². The molecule has 0 spiro atoms. The summed E-state index contributed by atoms with van der Waals surface area (Å²) in [7, 11) is -2.00. The minimum absolute atomic E-state index is 0.134. The van der Waals surface area contributed by atoms with Gasteiger partial charge in [-0.2, -0.15) is 5.10 Å². The number of carbonyl (C=O) groups excluding carboxylic acids is 1. The van der Waals surface area contributed by atoms with Gasteiger partial charge in [0.2, 0.25) is 5.91 Å². The Kier molecular flexibility index (Phi) is 5.34. The van der Waals surface area contributed by atoms with Crippen LogP contribution < -0.4 is 5.32 Å². The number of ether oxygens (including phenoxy) is 1. The number of carbonyl (C=O) groups is 1. The topological polar surface area (TPSA) is 90.3 Å². The number of amides is 1. The maximum atomic E-state index is 12.5. The van der Waals surface area contributed by atoms with Gasteiger partial charge >= 0.3 is 0 Å². The van der Waals surface area contributed by atoms with E-state index in [-0.39, 0.29) is 29.7 Å². The van der Waals surface area contributed by atoms with Gasteiger partial charge in [-0.3, -0.25) is 4.79 Å². The van der Waals surface area contributed by atoms with Gasteiger partial charge in [-0.25, -0.2) is 13.1 Å². The number of methoxy groups -OCH3 is 1. The van der Waals surface area contributed by atoms with Gasteiger partial charge in [0.05, 0.1) is 28.7 Å². The van der Waals surface area contributed by atoms with E-state index in [9.17, 15) is 13.2 Å². The molecule has 136 valence electrons. The maximum Gasteiger partial charge on any atom is 0.225 e. The third-order valence-corrected chi connectivity index (χ3v) is 5.57. The molecule has 0 aliphatic heterocycles. The summed E-state index contributed by atoms with van der Waals surface area (Å²) in [6, 6.07) is 12.5. The molecule has 0 bridgehead atoms. The Morgan fingerprint density at radius 3 is 2.73 bits per heavy atom. The molecule has 1 aromatic heterocycles. The molecular weight excluding hydrogens is 354 g/mol. The molecule has 8 heteroatoms. The van der Waals surface area contributed by atoms with Crippen molar-refractivity contribution in [3.8, 4) is 0 Å². The lowest BCUT2D eigenvalue weighted by Gasteiger charge is -2.06. The fourth-order valence-corrected chi connectivity index (χ4v) is 3.83. The highest BCUT2D eigenvalue weighted by atomic mass is 32.2. The minimum Gasteiger partial charge on any atom is -0.362 e. The SMILES string of the molecule is COCn1cc(NC(=O)CCS(=O)(=O)c2ccc3ccccc3c2)cn1. The van der Waals surface area contributed by atoms with E-state index in [4.69, 9.17) is 4.74 Å². The second kappa shape index (κ2) is 7.67. The van der Waals surface area contributed by atoms with Crippen LogP contribution in [0, 0.1) is 0 Å². The molecule has 0 aliphatic rings. The first-order valence-corrected chi connectivity index (χ1v) is 9.66. The third kappa shape index (κ3) is 4.27. The molecule has 1 amide bonds. The van der Waals surface area contributed by atoms with Crippen molar-refractivity contribution >= 4 is 32.2 Å². The van der Waals surface area contributed by atoms with Crippen LogP contribution in [0.2, 0.25) is 0 Å². The summed E-state index contributed by atoms with van der Waals surface area (Å²) < 4.78 is 31.5. The molecule has 0 saturated heterocycles. The molecule has 3 aromatic rings. The number of hydrogen-bond acceptors (Lipinski definition) is 5. The van der Waals surface area contributed by atoms with Gasteiger partial charge in [-0.05, 0) is 22.9 Å². The number of sulfone groups is 1. The van der Waals surface area contributed by atoms with Crippen molar-refractivity contribution < 1.29 is 17.9 Å². The van der Waals surface area contributed by atoms with Crippen LogP contribution in [0.15, 0.2) is 59.8 Å². The molecule has 2 aromatic carbocycles. The summed E-state index contributed by atoms with van der Waals surface area (Å²) in [5.74, 6) is -0.644. The average Bonchev–Trinajstić information content (AvgIpc) is 3.07. The van der Waals surface area contributed by atoms with Crippen LogP contribution in [0.1, 0.15) is 6.42 Å². The fourth-order valence-electron chi connectivity index (χ4n) is 2.56. The second-order valence-corrected chi connectivity index (χ2v) is 7.92. The lowest BCUT2D eigenvalue weighted by Crippen LogP contribution is -2.17. The normalized spacial score (nSPS) is 11.6. The molecule has 0 atom stereocenters. The van der Waals surface area contributed by atoms with Crippen LogP contribution in [0.25, 0.3) is 10.8 Å². The van der Waals surface area contributed by atoms with Crippen LogP contribution in [0.5, 0.6) is 0 Å². The first kappa shape index (κ1) is 18.1. The Balaban J connectivity index is 1.63. The maximum absolute atomic E-state index is 12.5. The van der Waals surface area contributed by atoms with E-state index < -0.39 is 9.84 Å². The predicted molar refractivity (Wildman–Crippen MR) is 98.5 cm³/mol. The molecule has 0 unspecified atom stereocenters. The molecule has 0 aliphatic carbocycles. The fraction of sp³-hybridized carbons (Fsp3) is 0.222. The van der Waals surface area contributed by atoms with E-state index in [0.29, 0.717) is 5.69 Å². The quantitative estimate of drug-likeness (QED) is 0.687. The third-order valence-electron chi connectivity index (χ3n) is 3.86. The van der Waals surface area contributed by atoms with Crippen LogP contribution in [-0.2, 0) is 26.1 Å². The highest BCUT2D eigenvalue weighted by Crippen LogP contribution is 2.20. The lowest BCUT2D eigenvalue weighted by atomic mass is 10.1. The first-order valence-electron chi connectivity index (χ1n) is 8.01. The zero-order chi connectivity index (χ0) is 18.6. The van der Waals surface area contributed by atoms with Crippen molar-refractivity contribution in [3.63, 3.8) is 0 Å². The number of rotatable bonds is 7. The Morgan fingerprint density at radius 2 is 1.96 bits per heavy atom. The summed E-state index contributed by atoms with van der Waals surface area (Å²) in [5, 5.41) is 8.46. The smallest absolute Gasteiger partial charge is 0.225 e. The van der Waals surface area contributed by atoms with Gasteiger partial charge in [0.1, 0.15) is 6.73 Å². The zero-order valence-corrected chi connectivity index (χ0v) is 15.1. The monoisotopic (exact) mass is 373 g/mol. The molecule has 1 heterocycles.